The minimum atomic E-state index is 0.180. The van der Waals surface area contributed by atoms with Crippen LogP contribution >= 0.6 is 0 Å². The lowest BCUT2D eigenvalue weighted by Crippen LogP contribution is -2.12. The van der Waals surface area contributed by atoms with E-state index < -0.39 is 0 Å². The first-order valence-electron chi connectivity index (χ1n) is 6.76. The van der Waals surface area contributed by atoms with E-state index in [0.717, 1.165) is 18.8 Å². The summed E-state index contributed by atoms with van der Waals surface area (Å²) in [6.07, 6.45) is 8.71. The number of imidazole rings is 1. The fourth-order valence-corrected chi connectivity index (χ4v) is 2.09. The van der Waals surface area contributed by atoms with E-state index in [9.17, 15) is 0 Å². The van der Waals surface area contributed by atoms with Gasteiger partial charge in [0, 0.05) is 31.3 Å². The van der Waals surface area contributed by atoms with Crippen molar-refractivity contribution in [3.05, 3.63) is 42.5 Å². The molecule has 0 aromatic carbocycles. The number of nitrogens with two attached hydrogens (primary N) is 1. The standard InChI is InChI=1S/C13H16N8/c1-2-6-20-8-5-15-11(20)9-10-17-12(14)19-13(18-10)21-7-3-4-16-21/h3-5,7-8H,2,6,9H2,1H3,(H2,14,17,18,19). The van der Waals surface area contributed by atoms with Crippen LogP contribution in [0.4, 0.5) is 5.95 Å². The van der Waals surface area contributed by atoms with Gasteiger partial charge >= 0.3 is 0 Å². The molecule has 3 heterocycles. The van der Waals surface area contributed by atoms with Crippen LogP contribution in [0.2, 0.25) is 0 Å². The zero-order chi connectivity index (χ0) is 14.7. The number of aryl methyl sites for hydroxylation is 1. The van der Waals surface area contributed by atoms with Gasteiger partial charge in [-0.25, -0.2) is 9.67 Å². The predicted octanol–water partition coefficient (Wildman–Crippen LogP) is 0.837. The van der Waals surface area contributed by atoms with E-state index in [4.69, 9.17) is 5.73 Å². The molecule has 0 aliphatic heterocycles. The number of nitrogens with zero attached hydrogens (tertiary/aromatic N) is 7. The van der Waals surface area contributed by atoms with E-state index in [1.165, 1.54) is 0 Å². The maximum absolute atomic E-state index is 5.76. The van der Waals surface area contributed by atoms with E-state index in [1.807, 2.05) is 6.20 Å². The highest BCUT2D eigenvalue weighted by atomic mass is 15.4. The molecular formula is C13H16N8. The molecule has 0 saturated carbocycles. The van der Waals surface area contributed by atoms with Crippen molar-refractivity contribution >= 4 is 5.95 Å². The Morgan fingerprint density at radius 2 is 2.05 bits per heavy atom. The quantitative estimate of drug-likeness (QED) is 0.745. The van der Waals surface area contributed by atoms with Gasteiger partial charge in [-0.2, -0.15) is 20.1 Å². The van der Waals surface area contributed by atoms with Crippen LogP contribution in [0.25, 0.3) is 5.95 Å². The van der Waals surface area contributed by atoms with Crippen LogP contribution in [-0.4, -0.2) is 34.3 Å². The zero-order valence-electron chi connectivity index (χ0n) is 11.7. The Bertz CT molecular complexity index is 716. The third kappa shape index (κ3) is 2.88. The number of aromatic nitrogens is 7. The van der Waals surface area contributed by atoms with E-state index in [-0.39, 0.29) is 5.95 Å². The molecule has 0 fully saturated rings. The molecule has 21 heavy (non-hydrogen) atoms. The van der Waals surface area contributed by atoms with Gasteiger partial charge < -0.3 is 10.3 Å². The monoisotopic (exact) mass is 284 g/mol. The summed E-state index contributed by atoms with van der Waals surface area (Å²) in [6.45, 7) is 3.04. The van der Waals surface area contributed by atoms with Crippen molar-refractivity contribution in [1.82, 2.24) is 34.3 Å². The lowest BCUT2D eigenvalue weighted by Gasteiger charge is -2.07. The number of rotatable bonds is 5. The second-order valence-electron chi connectivity index (χ2n) is 4.57. The number of anilines is 1. The molecule has 0 spiro atoms. The Morgan fingerprint density at radius 1 is 1.14 bits per heavy atom. The molecule has 3 aromatic heterocycles. The van der Waals surface area contributed by atoms with E-state index in [1.54, 1.807) is 29.3 Å². The molecule has 8 nitrogen and oxygen atoms in total. The summed E-state index contributed by atoms with van der Waals surface area (Å²) in [5, 5.41) is 4.10. The molecule has 0 unspecified atom stereocenters. The Balaban J connectivity index is 1.90. The van der Waals surface area contributed by atoms with Crippen LogP contribution in [-0.2, 0) is 13.0 Å². The summed E-state index contributed by atoms with van der Waals surface area (Å²) >= 11 is 0. The van der Waals surface area contributed by atoms with Crippen molar-refractivity contribution in [2.75, 3.05) is 5.73 Å². The highest BCUT2D eigenvalue weighted by molar-refractivity contribution is 5.23. The fraction of sp³-hybridized carbons (Fsp3) is 0.308. The van der Waals surface area contributed by atoms with Crippen LogP contribution in [0.15, 0.2) is 30.9 Å². The number of nitrogen functional groups attached to an aromatic ring is 1. The van der Waals surface area contributed by atoms with Gasteiger partial charge in [-0.05, 0) is 12.5 Å². The molecule has 0 amide bonds. The summed E-state index contributed by atoms with van der Waals surface area (Å²) in [5.74, 6) is 2.08. The second kappa shape index (κ2) is 5.70. The highest BCUT2D eigenvalue weighted by Gasteiger charge is 2.10. The maximum Gasteiger partial charge on any atom is 0.255 e. The minimum Gasteiger partial charge on any atom is -0.368 e. The van der Waals surface area contributed by atoms with Gasteiger partial charge in [0.25, 0.3) is 5.95 Å². The van der Waals surface area contributed by atoms with Gasteiger partial charge in [-0.1, -0.05) is 6.92 Å². The van der Waals surface area contributed by atoms with Crippen LogP contribution < -0.4 is 5.73 Å². The van der Waals surface area contributed by atoms with Gasteiger partial charge in [-0.3, -0.25) is 0 Å². The Hall–Kier alpha value is -2.77. The molecule has 0 aliphatic carbocycles. The molecule has 0 bridgehead atoms. The molecule has 3 aromatic rings. The SMILES string of the molecule is CCCn1ccnc1Cc1nc(N)nc(-n2cccn2)n1. The molecule has 8 heteroatoms. The summed E-state index contributed by atoms with van der Waals surface area (Å²) in [6, 6.07) is 1.80. The predicted molar refractivity (Wildman–Crippen MR) is 76.7 cm³/mol. The Labute approximate surface area is 121 Å². The van der Waals surface area contributed by atoms with Gasteiger partial charge in [0.15, 0.2) is 0 Å². The van der Waals surface area contributed by atoms with Gasteiger partial charge in [0.1, 0.15) is 11.6 Å². The van der Waals surface area contributed by atoms with Gasteiger partial charge in [0.2, 0.25) is 5.95 Å². The molecule has 0 aliphatic rings. The first-order chi connectivity index (χ1) is 10.3. The summed E-state index contributed by atoms with van der Waals surface area (Å²) in [4.78, 5) is 17.0. The van der Waals surface area contributed by atoms with Crippen LogP contribution in [0.1, 0.15) is 25.0 Å². The lowest BCUT2D eigenvalue weighted by molar-refractivity contribution is 0.640. The summed E-state index contributed by atoms with van der Waals surface area (Å²) < 4.78 is 3.65. The first-order valence-corrected chi connectivity index (χ1v) is 6.76. The molecule has 0 radical (unpaired) electrons. The van der Waals surface area contributed by atoms with E-state index >= 15 is 0 Å². The Morgan fingerprint density at radius 3 is 2.81 bits per heavy atom. The molecule has 2 N–H and O–H groups in total. The Kier molecular flexibility index (Phi) is 3.59. The normalized spacial score (nSPS) is 10.9. The van der Waals surface area contributed by atoms with Crippen molar-refractivity contribution in [2.24, 2.45) is 0 Å². The number of hydrogen-bond donors (Lipinski definition) is 1. The van der Waals surface area contributed by atoms with Crippen molar-refractivity contribution in [3.63, 3.8) is 0 Å². The van der Waals surface area contributed by atoms with Gasteiger partial charge in [0.05, 0.1) is 6.42 Å². The average molecular weight is 284 g/mol. The average Bonchev–Trinajstić information content (AvgIpc) is 3.11. The van der Waals surface area contributed by atoms with Gasteiger partial charge in [-0.15, -0.1) is 0 Å². The largest absolute Gasteiger partial charge is 0.368 e. The smallest absolute Gasteiger partial charge is 0.255 e. The van der Waals surface area contributed by atoms with Crippen LogP contribution in [0.5, 0.6) is 0 Å². The minimum absolute atomic E-state index is 0.180. The molecule has 0 saturated heterocycles. The molecule has 0 atom stereocenters. The zero-order valence-corrected chi connectivity index (χ0v) is 11.7. The third-order valence-electron chi connectivity index (χ3n) is 2.98. The maximum atomic E-state index is 5.76. The fourth-order valence-electron chi connectivity index (χ4n) is 2.09. The highest BCUT2D eigenvalue weighted by Crippen LogP contribution is 2.08. The van der Waals surface area contributed by atoms with Crippen molar-refractivity contribution in [1.29, 1.82) is 0 Å². The molecule has 3 rings (SSSR count). The second-order valence-corrected chi connectivity index (χ2v) is 4.57. The molecular weight excluding hydrogens is 268 g/mol. The summed E-state index contributed by atoms with van der Waals surface area (Å²) in [5.41, 5.74) is 5.76. The summed E-state index contributed by atoms with van der Waals surface area (Å²) in [7, 11) is 0. The van der Waals surface area contributed by atoms with Crippen LogP contribution in [0, 0.1) is 0 Å². The van der Waals surface area contributed by atoms with E-state index in [0.29, 0.717) is 18.2 Å². The van der Waals surface area contributed by atoms with Crippen molar-refractivity contribution in [2.45, 2.75) is 26.3 Å². The van der Waals surface area contributed by atoms with Crippen molar-refractivity contribution in [3.8, 4) is 5.95 Å². The van der Waals surface area contributed by atoms with Crippen LogP contribution in [0.3, 0.4) is 0 Å². The number of hydrogen-bond acceptors (Lipinski definition) is 6. The molecule has 108 valence electrons. The lowest BCUT2D eigenvalue weighted by atomic mass is 10.3. The third-order valence-corrected chi connectivity index (χ3v) is 2.98. The van der Waals surface area contributed by atoms with E-state index in [2.05, 4.69) is 36.5 Å². The first kappa shape index (κ1) is 13.2. The van der Waals surface area contributed by atoms with Crippen molar-refractivity contribution < 1.29 is 0 Å². The topological polar surface area (TPSA) is 100 Å².